The van der Waals surface area contributed by atoms with Crippen LogP contribution in [0.25, 0.3) is 0 Å². The first-order chi connectivity index (χ1) is 17.4. The highest BCUT2D eigenvalue weighted by molar-refractivity contribution is 5.78. The average Bonchev–Trinajstić information content (AvgIpc) is 3.43. The maximum atomic E-state index is 13.3. The van der Waals surface area contributed by atoms with Crippen molar-refractivity contribution in [3.63, 3.8) is 0 Å². The van der Waals surface area contributed by atoms with Gasteiger partial charge in [0.25, 0.3) is 0 Å². The number of aryl methyl sites for hydroxylation is 1. The molecule has 3 aromatic rings. The van der Waals surface area contributed by atoms with Gasteiger partial charge in [-0.25, -0.2) is 14.8 Å². The number of nitrogens with zero attached hydrogens (tertiary/aromatic N) is 5. The Labute approximate surface area is 210 Å². The van der Waals surface area contributed by atoms with E-state index < -0.39 is 5.54 Å². The zero-order valence-corrected chi connectivity index (χ0v) is 20.9. The minimum Gasteiger partial charge on any atom is -0.378 e. The van der Waals surface area contributed by atoms with Crippen LogP contribution in [0, 0.1) is 6.92 Å². The number of hydrogen-bond donors (Lipinski definition) is 3. The number of aromatic amines is 1. The largest absolute Gasteiger partial charge is 0.378 e. The first-order valence-electron chi connectivity index (χ1n) is 12.6. The number of ether oxygens (including phenoxy) is 1. The van der Waals surface area contributed by atoms with Crippen molar-refractivity contribution in [2.24, 2.45) is 0 Å². The first-order valence-corrected chi connectivity index (χ1v) is 12.6. The summed E-state index contributed by atoms with van der Waals surface area (Å²) in [6, 6.07) is 12.4. The van der Waals surface area contributed by atoms with Gasteiger partial charge in [-0.15, -0.1) is 0 Å². The van der Waals surface area contributed by atoms with Crippen LogP contribution in [0.3, 0.4) is 0 Å². The summed E-state index contributed by atoms with van der Waals surface area (Å²) in [5.74, 6) is 3.32. The summed E-state index contributed by atoms with van der Waals surface area (Å²) in [4.78, 5) is 26.6. The van der Waals surface area contributed by atoms with Crippen molar-refractivity contribution in [3.8, 4) is 0 Å². The van der Waals surface area contributed by atoms with Gasteiger partial charge in [0.05, 0.1) is 31.0 Å². The number of hydrogen-bond acceptors (Lipinski definition) is 7. The lowest BCUT2D eigenvalue weighted by atomic mass is 10.0. The van der Waals surface area contributed by atoms with Crippen molar-refractivity contribution in [1.82, 2.24) is 30.4 Å². The molecule has 2 unspecified atom stereocenters. The standard InChI is InChI=1S/C26H32N8O2/c1-16-27-21(14-22(28-16)33-9-11-36-12-10-33)30-24-19-15-34(26(2,3)23(19)31-32-24)25(35)29-20-13-18(20)17-7-5-4-6-8-17/h4-8,14,18,20H,9-13,15H2,1-3H3,(H,29,35)(H2,27,28,30,31,32). The lowest BCUT2D eigenvalue weighted by molar-refractivity contribution is 0.122. The molecule has 10 nitrogen and oxygen atoms in total. The number of benzene rings is 1. The molecule has 1 aliphatic carbocycles. The number of urea groups is 1. The summed E-state index contributed by atoms with van der Waals surface area (Å²) in [6.07, 6.45) is 0.974. The Morgan fingerprint density at radius 2 is 1.94 bits per heavy atom. The maximum Gasteiger partial charge on any atom is 0.318 e. The molecule has 2 aromatic heterocycles. The smallest absolute Gasteiger partial charge is 0.318 e. The second kappa shape index (κ2) is 8.77. The molecular weight excluding hydrogens is 456 g/mol. The SMILES string of the molecule is Cc1nc(Nc2n[nH]c3c2CN(C(=O)NC2CC2c2ccccc2)C3(C)C)cc(N2CCOCC2)n1. The predicted molar refractivity (Wildman–Crippen MR) is 136 cm³/mol. The molecule has 3 aliphatic rings. The van der Waals surface area contributed by atoms with Crippen LogP contribution in [-0.2, 0) is 16.8 Å². The van der Waals surface area contributed by atoms with Gasteiger partial charge in [0.1, 0.15) is 17.5 Å². The Bertz CT molecular complexity index is 1270. The van der Waals surface area contributed by atoms with Crippen molar-refractivity contribution in [1.29, 1.82) is 0 Å². The number of fused-ring (bicyclic) bond motifs is 1. The molecule has 0 radical (unpaired) electrons. The maximum absolute atomic E-state index is 13.3. The minimum absolute atomic E-state index is 0.0496. The van der Waals surface area contributed by atoms with Crippen molar-refractivity contribution >= 4 is 23.5 Å². The van der Waals surface area contributed by atoms with Crippen LogP contribution in [-0.4, -0.2) is 63.4 Å². The lowest BCUT2D eigenvalue weighted by Crippen LogP contribution is -2.47. The number of aromatic nitrogens is 4. The number of amides is 2. The predicted octanol–water partition coefficient (Wildman–Crippen LogP) is 3.40. The Balaban J connectivity index is 1.17. The molecule has 1 saturated heterocycles. The molecule has 3 N–H and O–H groups in total. The molecule has 6 rings (SSSR count). The molecule has 4 heterocycles. The van der Waals surface area contributed by atoms with Gasteiger partial charge in [0.15, 0.2) is 5.82 Å². The highest BCUT2D eigenvalue weighted by Crippen LogP contribution is 2.43. The van der Waals surface area contributed by atoms with Crippen LogP contribution in [0.4, 0.5) is 22.2 Å². The molecule has 0 bridgehead atoms. The highest BCUT2D eigenvalue weighted by Gasteiger charge is 2.46. The Kier molecular flexibility index (Phi) is 5.55. The van der Waals surface area contributed by atoms with Crippen LogP contribution in [0.5, 0.6) is 0 Å². The summed E-state index contributed by atoms with van der Waals surface area (Å²) >= 11 is 0. The van der Waals surface area contributed by atoms with E-state index >= 15 is 0 Å². The molecular formula is C26H32N8O2. The highest BCUT2D eigenvalue weighted by atomic mass is 16.5. The van der Waals surface area contributed by atoms with Crippen molar-refractivity contribution in [3.05, 3.63) is 59.0 Å². The summed E-state index contributed by atoms with van der Waals surface area (Å²) in [5.41, 5.74) is 2.69. The van der Waals surface area contributed by atoms with Gasteiger partial charge in [0.2, 0.25) is 0 Å². The normalized spacial score (nSPS) is 22.3. The quantitative estimate of drug-likeness (QED) is 0.505. The van der Waals surface area contributed by atoms with E-state index in [9.17, 15) is 4.79 Å². The summed E-state index contributed by atoms with van der Waals surface area (Å²) in [5, 5.41) is 14.3. The third kappa shape index (κ3) is 4.15. The minimum atomic E-state index is -0.510. The van der Waals surface area contributed by atoms with E-state index in [2.05, 4.69) is 47.8 Å². The first kappa shape index (κ1) is 22.8. The number of H-pyrrole nitrogens is 1. The van der Waals surface area contributed by atoms with Crippen molar-refractivity contribution in [2.75, 3.05) is 36.5 Å². The number of nitrogens with one attached hydrogen (secondary N) is 3. The van der Waals surface area contributed by atoms with E-state index in [0.29, 0.717) is 43.1 Å². The molecule has 2 amide bonds. The van der Waals surface area contributed by atoms with Gasteiger partial charge in [-0.2, -0.15) is 5.10 Å². The second-order valence-corrected chi connectivity index (χ2v) is 10.3. The van der Waals surface area contributed by atoms with E-state index in [-0.39, 0.29) is 12.1 Å². The van der Waals surface area contributed by atoms with E-state index in [1.54, 1.807) is 0 Å². The molecule has 1 saturated carbocycles. The fourth-order valence-corrected chi connectivity index (χ4v) is 5.30. The molecule has 2 aliphatic heterocycles. The molecule has 10 heteroatoms. The fraction of sp³-hybridized carbons (Fsp3) is 0.462. The van der Waals surface area contributed by atoms with Crippen molar-refractivity contribution < 1.29 is 9.53 Å². The van der Waals surface area contributed by atoms with Gasteiger partial charge in [-0.05, 0) is 32.8 Å². The average molecular weight is 489 g/mol. The zero-order chi connectivity index (χ0) is 24.9. The van der Waals surface area contributed by atoms with E-state index in [0.717, 1.165) is 36.6 Å². The van der Waals surface area contributed by atoms with E-state index in [1.807, 2.05) is 49.9 Å². The van der Waals surface area contributed by atoms with Crippen LogP contribution < -0.4 is 15.5 Å². The number of anilines is 3. The molecule has 188 valence electrons. The number of morpholine rings is 1. The molecule has 0 spiro atoms. The van der Waals surface area contributed by atoms with Gasteiger partial charge in [-0.1, -0.05) is 30.3 Å². The lowest BCUT2D eigenvalue weighted by Gasteiger charge is -2.32. The molecule has 1 aromatic carbocycles. The summed E-state index contributed by atoms with van der Waals surface area (Å²) in [7, 11) is 0. The third-order valence-corrected chi connectivity index (χ3v) is 7.45. The second-order valence-electron chi connectivity index (χ2n) is 10.3. The Morgan fingerprint density at radius 3 is 2.72 bits per heavy atom. The fourth-order valence-electron chi connectivity index (χ4n) is 5.30. The van der Waals surface area contributed by atoms with Gasteiger partial charge in [-0.3, -0.25) is 5.10 Å². The summed E-state index contributed by atoms with van der Waals surface area (Å²) < 4.78 is 5.47. The van der Waals surface area contributed by atoms with Gasteiger partial charge < -0.3 is 25.2 Å². The van der Waals surface area contributed by atoms with E-state index in [1.165, 1.54) is 5.56 Å². The van der Waals surface area contributed by atoms with E-state index in [4.69, 9.17) is 4.74 Å². The third-order valence-electron chi connectivity index (χ3n) is 7.45. The Morgan fingerprint density at radius 1 is 1.17 bits per heavy atom. The number of carbonyl (C=O) groups excluding carboxylic acids is 1. The number of carbonyl (C=O) groups is 1. The zero-order valence-electron chi connectivity index (χ0n) is 20.9. The summed E-state index contributed by atoms with van der Waals surface area (Å²) in [6.45, 7) is 9.45. The van der Waals surface area contributed by atoms with Crippen LogP contribution in [0.2, 0.25) is 0 Å². The Hall–Kier alpha value is -3.66. The van der Waals surface area contributed by atoms with Gasteiger partial charge in [0, 0.05) is 36.7 Å². The van der Waals surface area contributed by atoms with Crippen LogP contribution in [0.15, 0.2) is 36.4 Å². The van der Waals surface area contributed by atoms with Crippen molar-refractivity contribution in [2.45, 2.75) is 51.2 Å². The molecule has 36 heavy (non-hydrogen) atoms. The van der Waals surface area contributed by atoms with Gasteiger partial charge >= 0.3 is 6.03 Å². The number of rotatable bonds is 5. The van der Waals surface area contributed by atoms with Crippen LogP contribution in [0.1, 0.15) is 48.8 Å². The molecule has 2 fully saturated rings. The topological polar surface area (TPSA) is 111 Å². The monoisotopic (exact) mass is 488 g/mol. The van der Waals surface area contributed by atoms with Crippen LogP contribution >= 0.6 is 0 Å². The molecule has 2 atom stereocenters.